The molecule has 3 aromatic carbocycles. The van der Waals surface area contributed by atoms with Crippen molar-refractivity contribution in [3.63, 3.8) is 0 Å². The maximum absolute atomic E-state index is 12.6. The van der Waals surface area contributed by atoms with E-state index in [1.54, 1.807) is 23.1 Å². The summed E-state index contributed by atoms with van der Waals surface area (Å²) in [5.74, 6) is 1.12. The van der Waals surface area contributed by atoms with Gasteiger partial charge in [-0.25, -0.2) is 0 Å². The Balaban J connectivity index is 1.19. The number of fused-ring (bicyclic) bond motifs is 1. The molecule has 1 aromatic heterocycles. The second kappa shape index (κ2) is 9.87. The number of amides is 1. The quantitative estimate of drug-likeness (QED) is 0.376. The molecule has 1 saturated heterocycles. The summed E-state index contributed by atoms with van der Waals surface area (Å²) in [6.07, 6.45) is 0. The molecule has 1 aliphatic rings. The minimum atomic E-state index is -0.0897. The van der Waals surface area contributed by atoms with Crippen LogP contribution in [0, 0.1) is 0 Å². The topological polar surface area (TPSA) is 58.6 Å². The first-order valence-electron chi connectivity index (χ1n) is 11.0. The fourth-order valence-corrected chi connectivity index (χ4v) is 4.44. The molecular formula is C26H22Cl2N4O2. The minimum absolute atomic E-state index is 0.0837. The number of benzene rings is 3. The van der Waals surface area contributed by atoms with Gasteiger partial charge in [-0.15, -0.1) is 10.2 Å². The van der Waals surface area contributed by atoms with E-state index in [4.69, 9.17) is 27.9 Å². The van der Waals surface area contributed by atoms with Crippen molar-refractivity contribution in [3.8, 4) is 17.0 Å². The van der Waals surface area contributed by atoms with Crippen LogP contribution in [0.25, 0.3) is 22.0 Å². The van der Waals surface area contributed by atoms with Gasteiger partial charge in [0.05, 0.1) is 10.7 Å². The van der Waals surface area contributed by atoms with Crippen LogP contribution in [-0.4, -0.2) is 53.8 Å². The summed E-state index contributed by atoms with van der Waals surface area (Å²) in [5, 5.41) is 12.0. The molecule has 5 rings (SSSR count). The van der Waals surface area contributed by atoms with Gasteiger partial charge in [-0.05, 0) is 35.0 Å². The van der Waals surface area contributed by atoms with E-state index in [2.05, 4.69) is 39.4 Å². The van der Waals surface area contributed by atoms with Crippen molar-refractivity contribution in [2.45, 2.75) is 0 Å². The van der Waals surface area contributed by atoms with E-state index in [0.29, 0.717) is 42.0 Å². The van der Waals surface area contributed by atoms with Gasteiger partial charge in [-0.1, -0.05) is 71.7 Å². The third-order valence-electron chi connectivity index (χ3n) is 5.94. The lowest BCUT2D eigenvalue weighted by Gasteiger charge is -2.35. The van der Waals surface area contributed by atoms with Crippen molar-refractivity contribution in [2.24, 2.45) is 0 Å². The highest BCUT2D eigenvalue weighted by atomic mass is 35.5. The number of anilines is 1. The Morgan fingerprint density at radius 3 is 2.41 bits per heavy atom. The Labute approximate surface area is 207 Å². The molecule has 0 saturated carbocycles. The Kier molecular flexibility index (Phi) is 6.52. The van der Waals surface area contributed by atoms with Gasteiger partial charge in [0.1, 0.15) is 10.8 Å². The summed E-state index contributed by atoms with van der Waals surface area (Å²) in [4.78, 5) is 16.5. The smallest absolute Gasteiger partial charge is 0.260 e. The molecule has 6 nitrogen and oxygen atoms in total. The maximum Gasteiger partial charge on any atom is 0.260 e. The van der Waals surface area contributed by atoms with Crippen molar-refractivity contribution in [3.05, 3.63) is 82.8 Å². The van der Waals surface area contributed by atoms with Crippen LogP contribution in [0.3, 0.4) is 0 Å². The van der Waals surface area contributed by atoms with Crippen LogP contribution in [0.4, 0.5) is 5.82 Å². The Morgan fingerprint density at radius 2 is 1.62 bits per heavy atom. The van der Waals surface area contributed by atoms with Crippen LogP contribution in [0.1, 0.15) is 0 Å². The van der Waals surface area contributed by atoms with Gasteiger partial charge in [0.2, 0.25) is 0 Å². The van der Waals surface area contributed by atoms with Crippen molar-refractivity contribution in [2.75, 3.05) is 37.7 Å². The molecule has 34 heavy (non-hydrogen) atoms. The predicted octanol–water partition coefficient (Wildman–Crippen LogP) is 5.33. The van der Waals surface area contributed by atoms with E-state index >= 15 is 0 Å². The van der Waals surface area contributed by atoms with Crippen LogP contribution < -0.4 is 9.64 Å². The van der Waals surface area contributed by atoms with Crippen LogP contribution >= 0.6 is 23.2 Å². The summed E-state index contributed by atoms with van der Waals surface area (Å²) in [7, 11) is 0. The van der Waals surface area contributed by atoms with Crippen LogP contribution in [-0.2, 0) is 4.79 Å². The molecule has 8 heteroatoms. The molecule has 0 N–H and O–H groups in total. The third kappa shape index (κ3) is 4.65. The maximum atomic E-state index is 12.6. The summed E-state index contributed by atoms with van der Waals surface area (Å²) in [6.45, 7) is 2.42. The van der Waals surface area contributed by atoms with Crippen molar-refractivity contribution < 1.29 is 9.53 Å². The first kappa shape index (κ1) is 22.4. The Hall–Kier alpha value is -3.35. The number of carbonyl (C=O) groups is 1. The summed E-state index contributed by atoms with van der Waals surface area (Å²) < 4.78 is 5.59. The number of aromatic nitrogens is 2. The monoisotopic (exact) mass is 492 g/mol. The fraction of sp³-hybridized carbons (Fsp3) is 0.192. The van der Waals surface area contributed by atoms with E-state index in [1.807, 2.05) is 30.3 Å². The predicted molar refractivity (Wildman–Crippen MR) is 136 cm³/mol. The number of hydrogen-bond donors (Lipinski definition) is 0. The lowest BCUT2D eigenvalue weighted by Crippen LogP contribution is -2.50. The highest BCUT2D eigenvalue weighted by molar-refractivity contribution is 6.42. The molecule has 0 atom stereocenters. The van der Waals surface area contributed by atoms with Gasteiger partial charge in [0.15, 0.2) is 12.4 Å². The lowest BCUT2D eigenvalue weighted by molar-refractivity contribution is -0.133. The number of nitrogens with zero attached hydrogens (tertiary/aromatic N) is 4. The minimum Gasteiger partial charge on any atom is -0.482 e. The molecule has 0 aliphatic carbocycles. The number of carbonyl (C=O) groups excluding carboxylic acids is 1. The molecule has 0 spiro atoms. The second-order valence-electron chi connectivity index (χ2n) is 8.01. The van der Waals surface area contributed by atoms with Gasteiger partial charge < -0.3 is 14.5 Å². The molecule has 1 fully saturated rings. The highest BCUT2D eigenvalue weighted by Crippen LogP contribution is 2.31. The van der Waals surface area contributed by atoms with E-state index in [9.17, 15) is 4.79 Å². The largest absolute Gasteiger partial charge is 0.482 e. The number of halogens is 2. The Bertz CT molecular complexity index is 1320. The second-order valence-corrected chi connectivity index (χ2v) is 8.80. The molecule has 172 valence electrons. The molecule has 0 bridgehead atoms. The van der Waals surface area contributed by atoms with E-state index in [0.717, 1.165) is 22.5 Å². The molecule has 1 aliphatic heterocycles. The normalized spacial score (nSPS) is 13.8. The summed E-state index contributed by atoms with van der Waals surface area (Å²) in [5.41, 5.74) is 1.90. The highest BCUT2D eigenvalue weighted by Gasteiger charge is 2.23. The van der Waals surface area contributed by atoms with Crippen LogP contribution in [0.15, 0.2) is 72.8 Å². The SMILES string of the molecule is O=C(COc1cccc(Cl)c1Cl)N1CCN(c2ccc(-c3cccc4ccccc34)nn2)CC1. The third-order valence-corrected chi connectivity index (χ3v) is 6.74. The summed E-state index contributed by atoms with van der Waals surface area (Å²) in [6, 6.07) is 23.5. The van der Waals surface area contributed by atoms with Gasteiger partial charge in [-0.3, -0.25) is 4.79 Å². The van der Waals surface area contributed by atoms with Crippen LogP contribution in [0.5, 0.6) is 5.75 Å². The van der Waals surface area contributed by atoms with Gasteiger partial charge in [-0.2, -0.15) is 0 Å². The molecule has 0 unspecified atom stereocenters. The Morgan fingerprint density at radius 1 is 0.853 bits per heavy atom. The number of piperazine rings is 1. The standard InChI is InChI=1S/C26H22Cl2N4O2/c27-21-9-4-10-23(26(21)28)34-17-25(33)32-15-13-31(14-16-32)24-12-11-22(29-30-24)20-8-3-6-18-5-1-2-7-19(18)20/h1-12H,13-17H2. The zero-order valence-corrected chi connectivity index (χ0v) is 19.8. The first-order chi connectivity index (χ1) is 16.6. The average molecular weight is 493 g/mol. The lowest BCUT2D eigenvalue weighted by atomic mass is 10.0. The number of ether oxygens (including phenoxy) is 1. The number of hydrogen-bond acceptors (Lipinski definition) is 5. The van der Waals surface area contributed by atoms with Crippen LogP contribution in [0.2, 0.25) is 10.0 Å². The molecule has 1 amide bonds. The van der Waals surface area contributed by atoms with E-state index in [-0.39, 0.29) is 12.5 Å². The van der Waals surface area contributed by atoms with Crippen molar-refractivity contribution >= 4 is 45.7 Å². The average Bonchev–Trinajstić information content (AvgIpc) is 2.89. The van der Waals surface area contributed by atoms with E-state index in [1.165, 1.54) is 5.39 Å². The molecule has 4 aromatic rings. The molecular weight excluding hydrogens is 471 g/mol. The summed E-state index contributed by atoms with van der Waals surface area (Å²) >= 11 is 12.1. The van der Waals surface area contributed by atoms with E-state index < -0.39 is 0 Å². The first-order valence-corrected chi connectivity index (χ1v) is 11.8. The zero-order valence-electron chi connectivity index (χ0n) is 18.3. The zero-order chi connectivity index (χ0) is 23.5. The number of rotatable bonds is 5. The van der Waals surface area contributed by atoms with Gasteiger partial charge >= 0.3 is 0 Å². The molecule has 2 heterocycles. The van der Waals surface area contributed by atoms with Crippen molar-refractivity contribution in [1.29, 1.82) is 0 Å². The fourth-order valence-electron chi connectivity index (χ4n) is 4.10. The van der Waals surface area contributed by atoms with Gasteiger partial charge in [0, 0.05) is 31.7 Å². The van der Waals surface area contributed by atoms with Gasteiger partial charge in [0.25, 0.3) is 5.91 Å². The molecule has 0 radical (unpaired) electrons. The van der Waals surface area contributed by atoms with Crippen molar-refractivity contribution in [1.82, 2.24) is 15.1 Å².